The quantitative estimate of drug-likeness (QED) is 0.789. The van der Waals surface area contributed by atoms with Crippen molar-refractivity contribution in [2.75, 3.05) is 18.6 Å². The summed E-state index contributed by atoms with van der Waals surface area (Å²) in [6.45, 7) is 8.91. The molecule has 1 aromatic rings. The minimum atomic E-state index is -3.73. The van der Waals surface area contributed by atoms with Crippen molar-refractivity contribution in [1.29, 1.82) is 0 Å². The molecule has 0 radical (unpaired) electrons. The molecule has 0 heterocycles. The molecule has 0 N–H and O–H groups in total. The first kappa shape index (κ1) is 19.1. The highest BCUT2D eigenvalue weighted by Crippen LogP contribution is 2.26. The molecule has 0 fully saturated rings. The van der Waals surface area contributed by atoms with E-state index >= 15 is 0 Å². The van der Waals surface area contributed by atoms with Gasteiger partial charge < -0.3 is 0 Å². The van der Waals surface area contributed by atoms with Crippen molar-refractivity contribution in [2.24, 2.45) is 0 Å². The molecule has 0 atom stereocenters. The lowest BCUT2D eigenvalue weighted by Crippen LogP contribution is -2.40. The van der Waals surface area contributed by atoms with Crippen LogP contribution in [0.3, 0.4) is 0 Å². The largest absolute Gasteiger partial charge is 0.243 e. The first-order chi connectivity index (χ1) is 9.86. The van der Waals surface area contributed by atoms with Gasteiger partial charge in [-0.25, -0.2) is 16.8 Å². The van der Waals surface area contributed by atoms with E-state index in [1.807, 2.05) is 19.1 Å². The fraction of sp³-hybridized carbons (Fsp3) is 0.600. The van der Waals surface area contributed by atoms with Crippen LogP contribution >= 0.6 is 0 Å². The molecule has 0 amide bonds. The predicted octanol–water partition coefficient (Wildman–Crippen LogP) is 2.06. The highest BCUT2D eigenvalue weighted by molar-refractivity contribution is 7.91. The van der Waals surface area contributed by atoms with Crippen molar-refractivity contribution < 1.29 is 16.8 Å². The van der Waals surface area contributed by atoms with Crippen LogP contribution in [0.5, 0.6) is 0 Å². The molecule has 0 bridgehead atoms. The summed E-state index contributed by atoms with van der Waals surface area (Å²) in [5, 5.41) is 0. The normalized spacial score (nSPS) is 13.1. The molecule has 22 heavy (non-hydrogen) atoms. The highest BCUT2D eigenvalue weighted by Gasteiger charge is 2.30. The second-order valence-corrected chi connectivity index (χ2v) is 10.2. The Morgan fingerprint density at radius 1 is 1.00 bits per heavy atom. The van der Waals surface area contributed by atoms with Gasteiger partial charge in [0.05, 0.1) is 10.6 Å². The zero-order valence-electron chi connectivity index (χ0n) is 14.0. The van der Waals surface area contributed by atoms with Crippen molar-refractivity contribution in [3.63, 3.8) is 0 Å². The lowest BCUT2D eigenvalue weighted by molar-refractivity contribution is 0.369. The molecule has 0 aliphatic carbocycles. The van der Waals surface area contributed by atoms with E-state index in [-0.39, 0.29) is 23.2 Å². The first-order valence-corrected chi connectivity index (χ1v) is 10.6. The lowest BCUT2D eigenvalue weighted by Gasteiger charge is -2.27. The van der Waals surface area contributed by atoms with Crippen LogP contribution in [0.15, 0.2) is 17.0 Å². The van der Waals surface area contributed by atoms with Gasteiger partial charge in [0.2, 0.25) is 10.0 Å². The first-order valence-electron chi connectivity index (χ1n) is 7.13. The Morgan fingerprint density at radius 3 is 1.82 bits per heavy atom. The number of rotatable bonds is 6. The van der Waals surface area contributed by atoms with Crippen molar-refractivity contribution in [1.82, 2.24) is 4.31 Å². The summed E-state index contributed by atoms with van der Waals surface area (Å²) >= 11 is 0. The molecule has 7 heteroatoms. The molecular formula is C15H25NO4S2. The molecule has 0 aliphatic rings. The van der Waals surface area contributed by atoms with E-state index in [2.05, 4.69) is 0 Å². The van der Waals surface area contributed by atoms with E-state index in [1.165, 1.54) is 4.31 Å². The molecule has 0 unspecified atom stereocenters. The summed E-state index contributed by atoms with van der Waals surface area (Å²) in [4.78, 5) is 0.278. The minimum absolute atomic E-state index is 0.0361. The molecule has 0 aromatic heterocycles. The van der Waals surface area contributed by atoms with E-state index < -0.39 is 19.9 Å². The molecule has 0 aliphatic heterocycles. The maximum absolute atomic E-state index is 13.0. The second-order valence-electron chi connectivity index (χ2n) is 6.07. The third-order valence-corrected chi connectivity index (χ3v) is 6.74. The van der Waals surface area contributed by atoms with Crippen LogP contribution in [0.1, 0.15) is 30.5 Å². The average molecular weight is 348 g/mol. The number of nitrogens with zero attached hydrogens (tertiary/aromatic N) is 1. The van der Waals surface area contributed by atoms with Crippen LogP contribution in [-0.4, -0.2) is 45.7 Å². The number of benzene rings is 1. The average Bonchev–Trinajstić information content (AvgIpc) is 2.23. The van der Waals surface area contributed by atoms with Gasteiger partial charge in [-0.15, -0.1) is 0 Å². The Kier molecular flexibility index (Phi) is 5.81. The zero-order valence-corrected chi connectivity index (χ0v) is 15.7. The van der Waals surface area contributed by atoms with E-state index in [1.54, 1.807) is 27.7 Å². The van der Waals surface area contributed by atoms with Crippen LogP contribution in [0.2, 0.25) is 0 Å². The molecular weight excluding hydrogens is 322 g/mol. The molecule has 1 rings (SSSR count). The highest BCUT2D eigenvalue weighted by atomic mass is 32.2. The summed E-state index contributed by atoms with van der Waals surface area (Å²) in [7, 11) is -6.96. The number of sulfonamides is 1. The van der Waals surface area contributed by atoms with Crippen LogP contribution < -0.4 is 0 Å². The molecule has 0 saturated carbocycles. The van der Waals surface area contributed by atoms with E-state index in [4.69, 9.17) is 0 Å². The Bertz CT molecular complexity index is 727. The topological polar surface area (TPSA) is 71.5 Å². The minimum Gasteiger partial charge on any atom is -0.229 e. The Morgan fingerprint density at radius 2 is 1.45 bits per heavy atom. The van der Waals surface area contributed by atoms with Crippen LogP contribution in [0.25, 0.3) is 0 Å². The standard InChI is InChI=1S/C15H25NO4S2/c1-11(2)16(7-8-21(6,17)18)22(19,20)15-13(4)9-12(3)10-14(15)5/h9-11H,7-8H2,1-6H3. The maximum atomic E-state index is 13.0. The fourth-order valence-corrected chi connectivity index (χ4v) is 5.30. The summed E-state index contributed by atoms with van der Waals surface area (Å²) < 4.78 is 50.0. The van der Waals surface area contributed by atoms with Gasteiger partial charge in [0, 0.05) is 18.8 Å². The zero-order chi connectivity index (χ0) is 17.3. The summed E-state index contributed by atoms with van der Waals surface area (Å²) in [6.07, 6.45) is 1.11. The van der Waals surface area contributed by atoms with Crippen LogP contribution in [-0.2, 0) is 19.9 Å². The smallest absolute Gasteiger partial charge is 0.229 e. The summed E-state index contributed by atoms with van der Waals surface area (Å²) in [6, 6.07) is 3.34. The van der Waals surface area contributed by atoms with Gasteiger partial charge in [-0.2, -0.15) is 4.31 Å². The molecule has 0 spiro atoms. The van der Waals surface area contributed by atoms with Gasteiger partial charge in [-0.05, 0) is 45.7 Å². The molecule has 1 aromatic carbocycles. The molecule has 0 saturated heterocycles. The molecule has 5 nitrogen and oxygen atoms in total. The number of aryl methyl sites for hydroxylation is 3. The van der Waals surface area contributed by atoms with Crippen molar-refractivity contribution in [3.8, 4) is 0 Å². The van der Waals surface area contributed by atoms with E-state index in [0.29, 0.717) is 11.1 Å². The van der Waals surface area contributed by atoms with Crippen LogP contribution in [0, 0.1) is 20.8 Å². The van der Waals surface area contributed by atoms with Crippen molar-refractivity contribution in [3.05, 3.63) is 28.8 Å². The summed E-state index contributed by atoms with van der Waals surface area (Å²) in [5.41, 5.74) is 2.37. The maximum Gasteiger partial charge on any atom is 0.243 e. The summed E-state index contributed by atoms with van der Waals surface area (Å²) in [5.74, 6) is -0.186. The third-order valence-electron chi connectivity index (χ3n) is 3.43. The van der Waals surface area contributed by atoms with Gasteiger partial charge in [0.1, 0.15) is 9.84 Å². The van der Waals surface area contributed by atoms with Gasteiger partial charge in [0.15, 0.2) is 0 Å². The van der Waals surface area contributed by atoms with Crippen LogP contribution in [0.4, 0.5) is 0 Å². The Labute approximate surface area is 134 Å². The fourth-order valence-electron chi connectivity index (χ4n) is 2.60. The number of hydrogen-bond donors (Lipinski definition) is 0. The Hall–Kier alpha value is -0.920. The lowest BCUT2D eigenvalue weighted by atomic mass is 10.1. The van der Waals surface area contributed by atoms with Gasteiger partial charge in [-0.3, -0.25) is 0 Å². The monoisotopic (exact) mass is 347 g/mol. The number of sulfone groups is 1. The molecule has 126 valence electrons. The van der Waals surface area contributed by atoms with Crippen molar-refractivity contribution >= 4 is 19.9 Å². The third kappa shape index (κ3) is 4.54. The van der Waals surface area contributed by atoms with Gasteiger partial charge in [-0.1, -0.05) is 17.7 Å². The predicted molar refractivity (Wildman–Crippen MR) is 89.4 cm³/mol. The van der Waals surface area contributed by atoms with Gasteiger partial charge >= 0.3 is 0 Å². The van der Waals surface area contributed by atoms with E-state index in [9.17, 15) is 16.8 Å². The SMILES string of the molecule is Cc1cc(C)c(S(=O)(=O)N(CCS(C)(=O)=O)C(C)C)c(C)c1. The van der Waals surface area contributed by atoms with E-state index in [0.717, 1.165) is 11.8 Å². The Balaban J connectivity index is 3.35. The van der Waals surface area contributed by atoms with Crippen molar-refractivity contribution in [2.45, 2.75) is 45.6 Å². The van der Waals surface area contributed by atoms with Gasteiger partial charge in [0.25, 0.3) is 0 Å². The number of hydrogen-bond acceptors (Lipinski definition) is 4. The second kappa shape index (κ2) is 6.68.